The van der Waals surface area contributed by atoms with Gasteiger partial charge in [0.15, 0.2) is 0 Å². The monoisotopic (exact) mass is 235 g/mol. The second-order valence-corrected chi connectivity index (χ2v) is 4.14. The van der Waals surface area contributed by atoms with Gasteiger partial charge < -0.3 is 10.1 Å². The molecule has 0 radical (unpaired) electrons. The van der Waals surface area contributed by atoms with Crippen LogP contribution in [0.4, 0.5) is 5.82 Å². The average Bonchev–Trinajstić information content (AvgIpc) is 2.29. The average molecular weight is 235 g/mol. The van der Waals surface area contributed by atoms with Gasteiger partial charge in [-0.15, -0.1) is 0 Å². The van der Waals surface area contributed by atoms with E-state index in [2.05, 4.69) is 28.9 Å². The maximum absolute atomic E-state index is 8.49. The molecule has 1 heterocycles. The Bertz CT molecular complexity index is 371. The number of aromatic nitrogens is 1. The van der Waals surface area contributed by atoms with E-state index >= 15 is 0 Å². The van der Waals surface area contributed by atoms with Crippen LogP contribution < -0.4 is 4.90 Å². The summed E-state index contributed by atoms with van der Waals surface area (Å²) in [5.41, 5.74) is 1.94. The second-order valence-electron chi connectivity index (χ2n) is 4.14. The van der Waals surface area contributed by atoms with Crippen molar-refractivity contribution in [3.05, 3.63) is 23.4 Å². The van der Waals surface area contributed by atoms with Crippen LogP contribution in [0.25, 0.3) is 0 Å². The lowest BCUT2D eigenvalue weighted by Crippen LogP contribution is -2.26. The molecule has 0 amide bonds. The number of oxime groups is 1. The van der Waals surface area contributed by atoms with Crippen molar-refractivity contribution in [2.75, 3.05) is 18.0 Å². The lowest BCUT2D eigenvalue weighted by Gasteiger charge is -2.24. The highest BCUT2D eigenvalue weighted by Crippen LogP contribution is 2.18. The Morgan fingerprint density at radius 3 is 2.47 bits per heavy atom. The quantitative estimate of drug-likeness (QED) is 0.468. The molecule has 0 bridgehead atoms. The van der Waals surface area contributed by atoms with Crippen molar-refractivity contribution >= 4 is 12.0 Å². The van der Waals surface area contributed by atoms with Gasteiger partial charge in [0.05, 0.1) is 6.21 Å². The highest BCUT2D eigenvalue weighted by Gasteiger charge is 2.09. The molecule has 0 saturated carbocycles. The standard InChI is InChI=1S/C13H21N3O/c1-4-6-16(7-5-2)13-11(3)8-12(9-14-13)10-15-17/h8-10,17H,4-7H2,1-3H3. The van der Waals surface area contributed by atoms with E-state index in [1.807, 2.05) is 13.0 Å². The first kappa shape index (κ1) is 13.5. The van der Waals surface area contributed by atoms with Crippen LogP contribution in [0.2, 0.25) is 0 Å². The zero-order valence-electron chi connectivity index (χ0n) is 10.8. The fourth-order valence-electron chi connectivity index (χ4n) is 1.92. The Morgan fingerprint density at radius 2 is 2.00 bits per heavy atom. The number of hydrogen-bond acceptors (Lipinski definition) is 4. The molecule has 17 heavy (non-hydrogen) atoms. The van der Waals surface area contributed by atoms with Crippen molar-refractivity contribution in [1.29, 1.82) is 0 Å². The fraction of sp³-hybridized carbons (Fsp3) is 0.538. The van der Waals surface area contributed by atoms with E-state index < -0.39 is 0 Å². The van der Waals surface area contributed by atoms with Gasteiger partial charge in [-0.25, -0.2) is 4.98 Å². The van der Waals surface area contributed by atoms with Gasteiger partial charge in [-0.3, -0.25) is 0 Å². The Balaban J connectivity index is 2.95. The lowest BCUT2D eigenvalue weighted by atomic mass is 10.2. The number of pyridine rings is 1. The number of aryl methyl sites for hydroxylation is 1. The maximum atomic E-state index is 8.49. The van der Waals surface area contributed by atoms with Crippen molar-refractivity contribution in [1.82, 2.24) is 4.98 Å². The van der Waals surface area contributed by atoms with E-state index in [4.69, 9.17) is 5.21 Å². The van der Waals surface area contributed by atoms with Crippen LogP contribution in [0.1, 0.15) is 37.8 Å². The van der Waals surface area contributed by atoms with E-state index in [9.17, 15) is 0 Å². The molecular formula is C13H21N3O. The summed E-state index contributed by atoms with van der Waals surface area (Å²) in [6.45, 7) is 8.43. The van der Waals surface area contributed by atoms with Crippen LogP contribution in [0, 0.1) is 6.92 Å². The highest BCUT2D eigenvalue weighted by atomic mass is 16.4. The summed E-state index contributed by atoms with van der Waals surface area (Å²) in [5.74, 6) is 1.03. The summed E-state index contributed by atoms with van der Waals surface area (Å²) < 4.78 is 0. The molecule has 1 N–H and O–H groups in total. The molecule has 1 rings (SSSR count). The van der Waals surface area contributed by atoms with Gasteiger partial charge in [0, 0.05) is 24.8 Å². The molecule has 0 aromatic carbocycles. The first-order valence-electron chi connectivity index (χ1n) is 6.11. The Labute approximate surface area is 103 Å². The van der Waals surface area contributed by atoms with Gasteiger partial charge >= 0.3 is 0 Å². The smallest absolute Gasteiger partial charge is 0.131 e. The summed E-state index contributed by atoms with van der Waals surface area (Å²) in [6.07, 6.45) is 5.36. The topological polar surface area (TPSA) is 48.7 Å². The van der Waals surface area contributed by atoms with E-state index in [1.54, 1.807) is 6.20 Å². The number of anilines is 1. The van der Waals surface area contributed by atoms with Crippen molar-refractivity contribution in [2.45, 2.75) is 33.6 Å². The van der Waals surface area contributed by atoms with Gasteiger partial charge in [-0.1, -0.05) is 19.0 Å². The molecule has 94 valence electrons. The molecule has 4 nitrogen and oxygen atoms in total. The Kier molecular flexibility index (Phi) is 5.46. The third kappa shape index (κ3) is 3.73. The fourth-order valence-corrected chi connectivity index (χ4v) is 1.92. The predicted molar refractivity (Wildman–Crippen MR) is 71.1 cm³/mol. The second kappa shape index (κ2) is 6.89. The summed E-state index contributed by atoms with van der Waals surface area (Å²) in [5, 5.41) is 11.5. The summed E-state index contributed by atoms with van der Waals surface area (Å²) in [4.78, 5) is 6.76. The first-order valence-corrected chi connectivity index (χ1v) is 6.11. The molecule has 0 aliphatic rings. The van der Waals surface area contributed by atoms with Crippen molar-refractivity contribution in [3.8, 4) is 0 Å². The highest BCUT2D eigenvalue weighted by molar-refractivity contribution is 5.79. The van der Waals surface area contributed by atoms with Crippen LogP contribution in [0.3, 0.4) is 0 Å². The minimum Gasteiger partial charge on any atom is -0.411 e. The molecule has 1 aromatic rings. The molecule has 0 aliphatic carbocycles. The normalized spacial score (nSPS) is 11.0. The van der Waals surface area contributed by atoms with Gasteiger partial charge in [0.2, 0.25) is 0 Å². The molecule has 0 atom stereocenters. The van der Waals surface area contributed by atoms with Gasteiger partial charge in [-0.2, -0.15) is 0 Å². The van der Waals surface area contributed by atoms with Crippen molar-refractivity contribution in [3.63, 3.8) is 0 Å². The lowest BCUT2D eigenvalue weighted by molar-refractivity contribution is 0.322. The molecule has 0 aliphatic heterocycles. The van der Waals surface area contributed by atoms with Crippen LogP contribution in [-0.2, 0) is 0 Å². The molecule has 4 heteroatoms. The minimum atomic E-state index is 0.821. The van der Waals surface area contributed by atoms with Crippen LogP contribution >= 0.6 is 0 Å². The zero-order chi connectivity index (χ0) is 12.7. The largest absolute Gasteiger partial charge is 0.411 e. The summed E-state index contributed by atoms with van der Waals surface area (Å²) in [7, 11) is 0. The number of nitrogens with zero attached hydrogens (tertiary/aromatic N) is 3. The molecule has 1 aromatic heterocycles. The zero-order valence-corrected chi connectivity index (χ0v) is 10.8. The molecular weight excluding hydrogens is 214 g/mol. The maximum Gasteiger partial charge on any atom is 0.131 e. The van der Waals surface area contributed by atoms with Crippen LogP contribution in [0.5, 0.6) is 0 Å². The Morgan fingerprint density at radius 1 is 1.35 bits per heavy atom. The number of rotatable bonds is 6. The van der Waals surface area contributed by atoms with Crippen LogP contribution in [0.15, 0.2) is 17.4 Å². The van der Waals surface area contributed by atoms with E-state index in [1.165, 1.54) is 6.21 Å². The third-order valence-electron chi connectivity index (χ3n) is 2.57. The van der Waals surface area contributed by atoms with E-state index in [0.717, 1.165) is 42.9 Å². The molecule has 0 unspecified atom stereocenters. The SMILES string of the molecule is CCCN(CCC)c1ncc(C=NO)cc1C. The summed E-state index contributed by atoms with van der Waals surface area (Å²) >= 11 is 0. The van der Waals surface area contributed by atoms with Gasteiger partial charge in [-0.05, 0) is 31.4 Å². The summed E-state index contributed by atoms with van der Waals surface area (Å²) in [6, 6.07) is 1.99. The predicted octanol–water partition coefficient (Wildman–Crippen LogP) is 2.82. The minimum absolute atomic E-state index is 0.821. The van der Waals surface area contributed by atoms with E-state index in [-0.39, 0.29) is 0 Å². The molecule has 0 spiro atoms. The number of hydrogen-bond donors (Lipinski definition) is 1. The van der Waals surface area contributed by atoms with Crippen molar-refractivity contribution < 1.29 is 5.21 Å². The van der Waals surface area contributed by atoms with Gasteiger partial charge in [0.25, 0.3) is 0 Å². The third-order valence-corrected chi connectivity index (χ3v) is 2.57. The first-order chi connectivity index (χ1) is 8.22. The Hall–Kier alpha value is -1.58. The molecule has 0 saturated heterocycles. The van der Waals surface area contributed by atoms with Crippen molar-refractivity contribution in [2.24, 2.45) is 5.16 Å². The van der Waals surface area contributed by atoms with E-state index in [0.29, 0.717) is 0 Å². The van der Waals surface area contributed by atoms with Crippen LogP contribution in [-0.4, -0.2) is 29.5 Å². The van der Waals surface area contributed by atoms with Gasteiger partial charge in [0.1, 0.15) is 5.82 Å². The molecule has 0 fully saturated rings.